The summed E-state index contributed by atoms with van der Waals surface area (Å²) in [5, 5.41) is 10.7. The van der Waals surface area contributed by atoms with Crippen molar-refractivity contribution >= 4 is 16.9 Å². The van der Waals surface area contributed by atoms with E-state index in [1.54, 1.807) is 7.11 Å². The summed E-state index contributed by atoms with van der Waals surface area (Å²) < 4.78 is 5.43. The van der Waals surface area contributed by atoms with Gasteiger partial charge in [0, 0.05) is 22.7 Å². The molecule has 0 bridgehead atoms. The van der Waals surface area contributed by atoms with Gasteiger partial charge in [-0.25, -0.2) is 0 Å². The monoisotopic (exact) mass is 259 g/mol. The minimum absolute atomic E-state index is 0.677. The molecule has 1 aromatic heterocycles. The van der Waals surface area contributed by atoms with Crippen molar-refractivity contribution in [1.29, 1.82) is 0 Å². The molecule has 0 aliphatic heterocycles. The maximum Gasteiger partial charge on any atom is 0.314 e. The van der Waals surface area contributed by atoms with Crippen LogP contribution in [0.25, 0.3) is 10.9 Å². The number of carboxylic acid groups (broad SMARTS) is 1. The largest absolute Gasteiger partial charge is 0.496 e. The summed E-state index contributed by atoms with van der Waals surface area (Å²) in [7, 11) is 1.60. The van der Waals surface area contributed by atoms with E-state index in [0.29, 0.717) is 18.6 Å². The Balaban J connectivity index is 2.24. The zero-order valence-electron chi connectivity index (χ0n) is 10.9. The van der Waals surface area contributed by atoms with Gasteiger partial charge in [0.15, 0.2) is 0 Å². The molecule has 100 valence electrons. The molecule has 2 N–H and O–H groups in total. The van der Waals surface area contributed by atoms with E-state index in [1.807, 2.05) is 24.4 Å². The Hall–Kier alpha value is -1.97. The topological polar surface area (TPSA) is 62.3 Å². The van der Waals surface area contributed by atoms with Crippen molar-refractivity contribution in [3.8, 4) is 5.75 Å². The second kappa shape index (κ2) is 4.30. The number of methoxy groups -OCH3 is 1. The van der Waals surface area contributed by atoms with Crippen LogP contribution >= 0.6 is 0 Å². The molecule has 1 heterocycles. The number of H-pyrrole nitrogens is 1. The van der Waals surface area contributed by atoms with Crippen LogP contribution in [-0.4, -0.2) is 23.2 Å². The quantitative estimate of drug-likeness (QED) is 0.890. The van der Waals surface area contributed by atoms with Crippen molar-refractivity contribution in [3.63, 3.8) is 0 Å². The molecular formula is C15H17NO3. The second-order valence-corrected chi connectivity index (χ2v) is 5.21. The summed E-state index contributed by atoms with van der Waals surface area (Å²) in [5.74, 6) is -0.0643. The van der Waals surface area contributed by atoms with Gasteiger partial charge in [-0.3, -0.25) is 4.79 Å². The molecule has 0 saturated heterocycles. The third-order valence-corrected chi connectivity index (χ3v) is 4.26. The summed E-state index contributed by atoms with van der Waals surface area (Å²) in [4.78, 5) is 14.9. The van der Waals surface area contributed by atoms with Gasteiger partial charge in [0.1, 0.15) is 5.75 Å². The summed E-state index contributed by atoms with van der Waals surface area (Å²) >= 11 is 0. The zero-order chi connectivity index (χ0) is 13.5. The number of aliphatic carboxylic acids is 1. The molecule has 0 unspecified atom stereocenters. The number of benzene rings is 1. The van der Waals surface area contributed by atoms with Crippen LogP contribution in [0.5, 0.6) is 5.75 Å². The Morgan fingerprint density at radius 2 is 2.11 bits per heavy atom. The molecule has 0 radical (unpaired) electrons. The highest BCUT2D eigenvalue weighted by atomic mass is 16.5. The van der Waals surface area contributed by atoms with Crippen molar-refractivity contribution < 1.29 is 14.6 Å². The van der Waals surface area contributed by atoms with Gasteiger partial charge in [-0.1, -0.05) is 12.8 Å². The van der Waals surface area contributed by atoms with Gasteiger partial charge >= 0.3 is 5.97 Å². The smallest absolute Gasteiger partial charge is 0.314 e. The first-order valence-electron chi connectivity index (χ1n) is 6.56. The third kappa shape index (κ3) is 1.70. The molecule has 0 spiro atoms. The van der Waals surface area contributed by atoms with Crippen molar-refractivity contribution in [3.05, 3.63) is 30.0 Å². The second-order valence-electron chi connectivity index (χ2n) is 5.21. The maximum absolute atomic E-state index is 11.8. The van der Waals surface area contributed by atoms with Crippen LogP contribution in [0.4, 0.5) is 0 Å². The van der Waals surface area contributed by atoms with E-state index in [4.69, 9.17) is 4.74 Å². The van der Waals surface area contributed by atoms with Gasteiger partial charge in [-0.15, -0.1) is 0 Å². The number of rotatable bonds is 3. The fourth-order valence-electron chi connectivity index (χ4n) is 3.20. The van der Waals surface area contributed by atoms with Gasteiger partial charge < -0.3 is 14.8 Å². The van der Waals surface area contributed by atoms with E-state index in [1.165, 1.54) is 0 Å². The van der Waals surface area contributed by atoms with Gasteiger partial charge in [-0.2, -0.15) is 0 Å². The Morgan fingerprint density at radius 1 is 1.37 bits per heavy atom. The van der Waals surface area contributed by atoms with Gasteiger partial charge in [0.25, 0.3) is 0 Å². The van der Waals surface area contributed by atoms with Crippen LogP contribution in [0.2, 0.25) is 0 Å². The van der Waals surface area contributed by atoms with Gasteiger partial charge in [-0.05, 0) is 31.0 Å². The molecule has 1 aliphatic carbocycles. The molecule has 3 rings (SSSR count). The Kier molecular flexibility index (Phi) is 2.73. The van der Waals surface area contributed by atoms with E-state index in [0.717, 1.165) is 29.3 Å². The number of aromatic amines is 1. The summed E-state index contributed by atoms with van der Waals surface area (Å²) in [6.45, 7) is 0. The Morgan fingerprint density at radius 3 is 2.74 bits per heavy atom. The average molecular weight is 259 g/mol. The standard InChI is InChI=1S/C15H17NO3/c1-19-13-8-10-4-7-16-12(10)9-11(13)15(14(17)18)5-2-3-6-15/h4,7-9,16H,2-3,5-6H2,1H3,(H,17,18). The minimum atomic E-state index is -0.787. The highest BCUT2D eigenvalue weighted by Crippen LogP contribution is 2.46. The molecule has 1 aliphatic rings. The van der Waals surface area contributed by atoms with Crippen LogP contribution in [0.3, 0.4) is 0 Å². The van der Waals surface area contributed by atoms with E-state index in [-0.39, 0.29) is 0 Å². The van der Waals surface area contributed by atoms with Crippen LogP contribution in [0, 0.1) is 0 Å². The van der Waals surface area contributed by atoms with Crippen LogP contribution in [0.15, 0.2) is 24.4 Å². The van der Waals surface area contributed by atoms with Crippen molar-refractivity contribution in [2.45, 2.75) is 31.1 Å². The van der Waals surface area contributed by atoms with Gasteiger partial charge in [0.05, 0.1) is 12.5 Å². The van der Waals surface area contributed by atoms with Crippen molar-refractivity contribution in [2.75, 3.05) is 7.11 Å². The summed E-state index contributed by atoms with van der Waals surface area (Å²) in [6, 6.07) is 5.82. The third-order valence-electron chi connectivity index (χ3n) is 4.26. The number of hydrogen-bond donors (Lipinski definition) is 2. The molecule has 0 amide bonds. The fourth-order valence-corrected chi connectivity index (χ4v) is 3.20. The predicted molar refractivity (Wildman–Crippen MR) is 72.6 cm³/mol. The predicted octanol–water partition coefficient (Wildman–Crippen LogP) is 3.07. The van der Waals surface area contributed by atoms with Crippen LogP contribution in [-0.2, 0) is 10.2 Å². The first-order chi connectivity index (χ1) is 9.17. The first kappa shape index (κ1) is 12.1. The SMILES string of the molecule is COc1cc2cc[nH]c2cc1C1(C(=O)O)CCCC1. The first-order valence-corrected chi connectivity index (χ1v) is 6.56. The molecule has 1 saturated carbocycles. The normalized spacial score (nSPS) is 17.7. The molecule has 4 heteroatoms. The number of carboxylic acids is 1. The lowest BCUT2D eigenvalue weighted by atomic mass is 9.78. The van der Waals surface area contributed by atoms with E-state index < -0.39 is 11.4 Å². The Bertz CT molecular complexity index is 623. The maximum atomic E-state index is 11.8. The molecule has 4 nitrogen and oxygen atoms in total. The van der Waals surface area contributed by atoms with Crippen molar-refractivity contribution in [2.24, 2.45) is 0 Å². The van der Waals surface area contributed by atoms with E-state index in [9.17, 15) is 9.90 Å². The molecule has 1 fully saturated rings. The number of carbonyl (C=O) groups is 1. The van der Waals surface area contributed by atoms with E-state index >= 15 is 0 Å². The number of fused-ring (bicyclic) bond motifs is 1. The fraction of sp³-hybridized carbons (Fsp3) is 0.400. The Labute approximate surface area is 111 Å². The van der Waals surface area contributed by atoms with E-state index in [2.05, 4.69) is 4.98 Å². The highest BCUT2D eigenvalue weighted by Gasteiger charge is 2.45. The number of nitrogens with one attached hydrogen (secondary N) is 1. The average Bonchev–Trinajstić information content (AvgIpc) is 3.06. The number of ether oxygens (including phenoxy) is 1. The van der Waals surface area contributed by atoms with Crippen molar-refractivity contribution in [1.82, 2.24) is 4.98 Å². The zero-order valence-corrected chi connectivity index (χ0v) is 10.9. The van der Waals surface area contributed by atoms with Crippen LogP contribution < -0.4 is 4.74 Å². The number of hydrogen-bond acceptors (Lipinski definition) is 2. The van der Waals surface area contributed by atoms with Crippen LogP contribution in [0.1, 0.15) is 31.2 Å². The molecular weight excluding hydrogens is 242 g/mol. The van der Waals surface area contributed by atoms with Gasteiger partial charge in [0.2, 0.25) is 0 Å². The summed E-state index contributed by atoms with van der Waals surface area (Å²) in [6.07, 6.45) is 5.14. The minimum Gasteiger partial charge on any atom is -0.496 e. The number of aromatic nitrogens is 1. The summed E-state index contributed by atoms with van der Waals surface area (Å²) in [5.41, 5.74) is 0.975. The molecule has 2 aromatic rings. The molecule has 19 heavy (non-hydrogen) atoms. The lowest BCUT2D eigenvalue weighted by Crippen LogP contribution is -2.33. The lowest BCUT2D eigenvalue weighted by molar-refractivity contribution is -0.143. The highest BCUT2D eigenvalue weighted by molar-refractivity contribution is 5.88. The molecule has 0 atom stereocenters. The lowest BCUT2D eigenvalue weighted by Gasteiger charge is -2.26. The molecule has 1 aromatic carbocycles.